The molecule has 11 heavy (non-hydrogen) atoms. The summed E-state index contributed by atoms with van der Waals surface area (Å²) in [5, 5.41) is 2.88. The first-order valence-corrected chi connectivity index (χ1v) is 3.55. The van der Waals surface area contributed by atoms with Gasteiger partial charge in [-0.3, -0.25) is 0 Å². The van der Waals surface area contributed by atoms with E-state index in [1.807, 2.05) is 6.92 Å². The summed E-state index contributed by atoms with van der Waals surface area (Å²) >= 11 is 0. The van der Waals surface area contributed by atoms with Crippen LogP contribution in [0.15, 0.2) is 28.3 Å². The number of hydrogen-bond donors (Lipinski definition) is 0. The lowest BCUT2D eigenvalue weighted by atomic mass is 10.0. The van der Waals surface area contributed by atoms with Crippen molar-refractivity contribution in [2.45, 2.75) is 19.8 Å². The monoisotopic (exact) mass is 153 g/mol. The van der Waals surface area contributed by atoms with E-state index in [4.69, 9.17) is 4.74 Å². The van der Waals surface area contributed by atoms with Crippen molar-refractivity contribution in [2.24, 2.45) is 5.18 Å². The third-order valence-electron chi connectivity index (χ3n) is 1.76. The van der Waals surface area contributed by atoms with Crippen molar-refractivity contribution in [3.8, 4) is 0 Å². The van der Waals surface area contributed by atoms with E-state index in [0.717, 1.165) is 12.8 Å². The lowest BCUT2D eigenvalue weighted by Crippen LogP contribution is -1.97. The highest BCUT2D eigenvalue weighted by Crippen LogP contribution is 2.24. The zero-order valence-corrected chi connectivity index (χ0v) is 6.76. The standard InChI is InChI=1S/C8H11NO2/c1-6-3-4-8(11-2)7(5-6)9-10/h5H,3-4H2,1-2H3. The topological polar surface area (TPSA) is 38.7 Å². The van der Waals surface area contributed by atoms with Gasteiger partial charge in [-0.1, -0.05) is 5.57 Å². The summed E-state index contributed by atoms with van der Waals surface area (Å²) in [5.74, 6) is 0.700. The van der Waals surface area contributed by atoms with Crippen LogP contribution < -0.4 is 0 Å². The molecule has 0 aromatic rings. The molecule has 0 unspecified atom stereocenters. The Bertz CT molecular complexity index is 228. The number of hydrogen-bond acceptors (Lipinski definition) is 3. The maximum atomic E-state index is 10.2. The van der Waals surface area contributed by atoms with Gasteiger partial charge in [0.2, 0.25) is 0 Å². The van der Waals surface area contributed by atoms with Crippen LogP contribution in [0.1, 0.15) is 19.8 Å². The Balaban J connectivity index is 2.92. The second-order valence-electron chi connectivity index (χ2n) is 2.59. The van der Waals surface area contributed by atoms with Gasteiger partial charge in [-0.15, -0.1) is 4.91 Å². The fourth-order valence-corrected chi connectivity index (χ4v) is 1.11. The van der Waals surface area contributed by atoms with Gasteiger partial charge in [-0.2, -0.15) is 0 Å². The van der Waals surface area contributed by atoms with Crippen LogP contribution in [0.25, 0.3) is 0 Å². The van der Waals surface area contributed by atoms with E-state index < -0.39 is 0 Å². The molecule has 0 bridgehead atoms. The van der Waals surface area contributed by atoms with Crippen LogP contribution in [0.3, 0.4) is 0 Å². The number of nitroso groups, excluding NO2 is 1. The molecule has 1 rings (SSSR count). The molecule has 3 heteroatoms. The normalized spacial score (nSPS) is 17.8. The molecule has 0 saturated carbocycles. The fraction of sp³-hybridized carbons (Fsp3) is 0.500. The van der Waals surface area contributed by atoms with Crippen LogP contribution in [0.5, 0.6) is 0 Å². The molecular formula is C8H11NO2. The van der Waals surface area contributed by atoms with Gasteiger partial charge in [0.25, 0.3) is 0 Å². The average molecular weight is 153 g/mol. The molecule has 0 amide bonds. The molecule has 0 atom stereocenters. The van der Waals surface area contributed by atoms with E-state index in [0.29, 0.717) is 11.5 Å². The largest absolute Gasteiger partial charge is 0.499 e. The number of nitrogens with zero attached hydrogens (tertiary/aromatic N) is 1. The van der Waals surface area contributed by atoms with Crippen LogP contribution in [-0.2, 0) is 4.74 Å². The van der Waals surface area contributed by atoms with Crippen LogP contribution >= 0.6 is 0 Å². The van der Waals surface area contributed by atoms with Gasteiger partial charge < -0.3 is 4.74 Å². The Hall–Kier alpha value is -1.12. The van der Waals surface area contributed by atoms with Gasteiger partial charge in [0.15, 0.2) is 0 Å². The molecule has 1 aliphatic rings. The first kappa shape index (κ1) is 7.98. The first-order chi connectivity index (χ1) is 5.27. The summed E-state index contributed by atoms with van der Waals surface area (Å²) in [5.41, 5.74) is 1.62. The zero-order valence-electron chi connectivity index (χ0n) is 6.76. The average Bonchev–Trinajstić information content (AvgIpc) is 2.04. The predicted molar refractivity (Wildman–Crippen MR) is 42.8 cm³/mol. The number of ether oxygens (including phenoxy) is 1. The smallest absolute Gasteiger partial charge is 0.145 e. The molecule has 0 spiro atoms. The second kappa shape index (κ2) is 3.32. The van der Waals surface area contributed by atoms with Gasteiger partial charge in [0.05, 0.1) is 7.11 Å². The summed E-state index contributed by atoms with van der Waals surface area (Å²) in [6, 6.07) is 0. The van der Waals surface area contributed by atoms with E-state index in [1.54, 1.807) is 13.2 Å². The second-order valence-corrected chi connectivity index (χ2v) is 2.59. The molecule has 0 saturated heterocycles. The van der Waals surface area contributed by atoms with E-state index in [1.165, 1.54) is 5.57 Å². The Morgan fingerprint density at radius 2 is 2.27 bits per heavy atom. The highest BCUT2D eigenvalue weighted by molar-refractivity contribution is 5.29. The Labute approximate surface area is 65.7 Å². The molecular weight excluding hydrogens is 142 g/mol. The lowest BCUT2D eigenvalue weighted by Gasteiger charge is -2.12. The number of methoxy groups -OCH3 is 1. The number of allylic oxidation sites excluding steroid dienone is 3. The van der Waals surface area contributed by atoms with Crippen LogP contribution in [0, 0.1) is 4.91 Å². The summed E-state index contributed by atoms with van der Waals surface area (Å²) in [7, 11) is 1.56. The minimum atomic E-state index is 0.441. The third-order valence-corrected chi connectivity index (χ3v) is 1.76. The van der Waals surface area contributed by atoms with Crippen molar-refractivity contribution in [3.05, 3.63) is 28.0 Å². The lowest BCUT2D eigenvalue weighted by molar-refractivity contribution is 0.271. The molecule has 0 radical (unpaired) electrons. The predicted octanol–water partition coefficient (Wildman–Crippen LogP) is 2.35. The van der Waals surface area contributed by atoms with Gasteiger partial charge in [-0.25, -0.2) is 0 Å². The van der Waals surface area contributed by atoms with Crippen molar-refractivity contribution >= 4 is 0 Å². The molecule has 0 fully saturated rings. The minimum absolute atomic E-state index is 0.441. The third kappa shape index (κ3) is 1.67. The summed E-state index contributed by atoms with van der Waals surface area (Å²) in [6.07, 6.45) is 3.53. The SMILES string of the molecule is COC1=C(N=O)C=C(C)CC1. The summed E-state index contributed by atoms with van der Waals surface area (Å²) in [4.78, 5) is 10.2. The molecule has 0 N–H and O–H groups in total. The van der Waals surface area contributed by atoms with Gasteiger partial charge in [-0.05, 0) is 24.6 Å². The Morgan fingerprint density at radius 1 is 1.55 bits per heavy atom. The minimum Gasteiger partial charge on any atom is -0.499 e. The zero-order chi connectivity index (χ0) is 8.27. The van der Waals surface area contributed by atoms with Crippen molar-refractivity contribution in [1.82, 2.24) is 0 Å². The summed E-state index contributed by atoms with van der Waals surface area (Å²) in [6.45, 7) is 1.98. The van der Waals surface area contributed by atoms with Gasteiger partial charge in [0.1, 0.15) is 11.5 Å². The van der Waals surface area contributed by atoms with Crippen LogP contribution in [0.4, 0.5) is 0 Å². The maximum Gasteiger partial charge on any atom is 0.145 e. The van der Waals surface area contributed by atoms with Crippen molar-refractivity contribution in [3.63, 3.8) is 0 Å². The molecule has 0 aliphatic heterocycles. The number of rotatable bonds is 2. The highest BCUT2D eigenvalue weighted by Gasteiger charge is 2.11. The van der Waals surface area contributed by atoms with Crippen molar-refractivity contribution in [1.29, 1.82) is 0 Å². The van der Waals surface area contributed by atoms with Gasteiger partial charge in [0, 0.05) is 6.42 Å². The van der Waals surface area contributed by atoms with E-state index in [9.17, 15) is 4.91 Å². The molecule has 3 nitrogen and oxygen atoms in total. The van der Waals surface area contributed by atoms with E-state index in [2.05, 4.69) is 5.18 Å². The van der Waals surface area contributed by atoms with Crippen molar-refractivity contribution in [2.75, 3.05) is 7.11 Å². The molecule has 0 aromatic carbocycles. The summed E-state index contributed by atoms with van der Waals surface area (Å²) < 4.78 is 4.98. The Kier molecular flexibility index (Phi) is 2.41. The highest BCUT2D eigenvalue weighted by atomic mass is 16.5. The van der Waals surface area contributed by atoms with E-state index >= 15 is 0 Å². The van der Waals surface area contributed by atoms with Crippen molar-refractivity contribution < 1.29 is 4.74 Å². The van der Waals surface area contributed by atoms with Crippen LogP contribution in [-0.4, -0.2) is 7.11 Å². The molecule has 0 heterocycles. The molecule has 0 aromatic heterocycles. The first-order valence-electron chi connectivity index (χ1n) is 3.55. The quantitative estimate of drug-likeness (QED) is 0.571. The van der Waals surface area contributed by atoms with Crippen LogP contribution in [0.2, 0.25) is 0 Å². The maximum absolute atomic E-state index is 10.2. The Morgan fingerprint density at radius 3 is 2.82 bits per heavy atom. The fourth-order valence-electron chi connectivity index (χ4n) is 1.11. The van der Waals surface area contributed by atoms with E-state index in [-0.39, 0.29) is 0 Å². The molecule has 1 aliphatic carbocycles. The molecule has 60 valence electrons. The van der Waals surface area contributed by atoms with Gasteiger partial charge >= 0.3 is 0 Å².